The minimum absolute atomic E-state index is 0.262. The van der Waals surface area contributed by atoms with Gasteiger partial charge in [0.1, 0.15) is 16.7 Å². The smallest absolute Gasteiger partial charge is 0.256 e. The summed E-state index contributed by atoms with van der Waals surface area (Å²) in [7, 11) is 1.63. The lowest BCUT2D eigenvalue weighted by Gasteiger charge is -2.10. The molecule has 0 saturated carbocycles. The molecule has 3 rings (SSSR count). The van der Waals surface area contributed by atoms with E-state index in [-0.39, 0.29) is 16.9 Å². The first-order valence-electron chi connectivity index (χ1n) is 9.28. The summed E-state index contributed by atoms with van der Waals surface area (Å²) in [6, 6.07) is 12.0. The van der Waals surface area contributed by atoms with Crippen LogP contribution in [0.5, 0.6) is 5.75 Å². The largest absolute Gasteiger partial charge is 0.496 e. The first kappa shape index (κ1) is 20.9. The molecule has 0 aliphatic heterocycles. The van der Waals surface area contributed by atoms with Gasteiger partial charge in [-0.2, -0.15) is 5.10 Å². The highest BCUT2D eigenvalue weighted by Crippen LogP contribution is 2.22. The number of methoxy groups -OCH3 is 1. The molecule has 1 amide bonds. The molecule has 7 heteroatoms. The van der Waals surface area contributed by atoms with Crippen molar-refractivity contribution < 1.29 is 13.9 Å². The minimum Gasteiger partial charge on any atom is -0.496 e. The van der Waals surface area contributed by atoms with Crippen molar-refractivity contribution in [3.63, 3.8) is 0 Å². The third kappa shape index (κ3) is 4.95. The number of halogens is 2. The van der Waals surface area contributed by atoms with Crippen LogP contribution in [0.1, 0.15) is 32.7 Å². The highest BCUT2D eigenvalue weighted by molar-refractivity contribution is 6.33. The molecule has 1 aromatic heterocycles. The number of carbonyl (C=O) groups excluding carboxylic acids is 1. The Kier molecular flexibility index (Phi) is 6.54. The Balaban J connectivity index is 1.67. The Bertz CT molecular complexity index is 1020. The average molecular weight is 416 g/mol. The van der Waals surface area contributed by atoms with Crippen molar-refractivity contribution in [1.29, 1.82) is 0 Å². The second-order valence-electron chi connectivity index (χ2n) is 6.86. The number of ether oxygens (including phenoxy) is 1. The Morgan fingerprint density at radius 1 is 1.21 bits per heavy atom. The zero-order valence-corrected chi connectivity index (χ0v) is 17.4. The van der Waals surface area contributed by atoms with Crippen molar-refractivity contribution >= 4 is 17.5 Å². The van der Waals surface area contributed by atoms with Gasteiger partial charge in [-0.15, -0.1) is 0 Å². The van der Waals surface area contributed by atoms with E-state index < -0.39 is 0 Å². The fourth-order valence-corrected chi connectivity index (χ4v) is 3.50. The maximum atomic E-state index is 13.1. The number of hydrogen-bond acceptors (Lipinski definition) is 3. The number of benzene rings is 2. The van der Waals surface area contributed by atoms with E-state index in [1.165, 1.54) is 12.1 Å². The van der Waals surface area contributed by atoms with Crippen LogP contribution in [-0.2, 0) is 13.0 Å². The van der Waals surface area contributed by atoms with Gasteiger partial charge >= 0.3 is 0 Å². The van der Waals surface area contributed by atoms with Gasteiger partial charge in [-0.1, -0.05) is 41.4 Å². The third-order valence-corrected chi connectivity index (χ3v) is 5.04. The quantitative estimate of drug-likeness (QED) is 0.625. The molecule has 0 atom stereocenters. The predicted octanol–water partition coefficient (Wildman–Crippen LogP) is 4.32. The number of aryl methyl sites for hydroxylation is 2. The molecule has 5 nitrogen and oxygen atoms in total. The molecule has 1 N–H and O–H groups in total. The molecule has 1 heterocycles. The number of amides is 1. The highest BCUT2D eigenvalue weighted by atomic mass is 35.5. The number of hydrogen-bond donors (Lipinski definition) is 1. The molecule has 3 aromatic rings. The Morgan fingerprint density at radius 2 is 1.93 bits per heavy atom. The van der Waals surface area contributed by atoms with Gasteiger partial charge in [-0.3, -0.25) is 4.79 Å². The number of carbonyl (C=O) groups is 1. The van der Waals surface area contributed by atoms with Gasteiger partial charge in [-0.25, -0.2) is 9.07 Å². The number of nitrogens with one attached hydrogen (secondary N) is 1. The molecule has 0 radical (unpaired) electrons. The number of nitrogens with zero attached hydrogens (tertiary/aromatic N) is 2. The zero-order chi connectivity index (χ0) is 21.0. The summed E-state index contributed by atoms with van der Waals surface area (Å²) in [6.45, 7) is 4.55. The second-order valence-corrected chi connectivity index (χ2v) is 7.21. The summed E-state index contributed by atoms with van der Waals surface area (Å²) in [5.74, 6) is 0.220. The summed E-state index contributed by atoms with van der Waals surface area (Å²) in [4.78, 5) is 12.7. The first-order valence-corrected chi connectivity index (χ1v) is 9.66. The molecule has 29 heavy (non-hydrogen) atoms. The Hall–Kier alpha value is -2.86. The van der Waals surface area contributed by atoms with Crippen molar-refractivity contribution in [1.82, 2.24) is 15.1 Å². The lowest BCUT2D eigenvalue weighted by molar-refractivity contribution is 0.0953. The summed E-state index contributed by atoms with van der Waals surface area (Å²) >= 11 is 6.42. The normalized spacial score (nSPS) is 10.8. The van der Waals surface area contributed by atoms with E-state index in [0.29, 0.717) is 30.8 Å². The molecule has 0 aliphatic carbocycles. The molecular weight excluding hydrogens is 393 g/mol. The van der Waals surface area contributed by atoms with Crippen LogP contribution in [0.15, 0.2) is 42.5 Å². The monoisotopic (exact) mass is 415 g/mol. The van der Waals surface area contributed by atoms with Gasteiger partial charge in [-0.05, 0) is 49.6 Å². The van der Waals surface area contributed by atoms with E-state index in [1.807, 2.05) is 25.1 Å². The van der Waals surface area contributed by atoms with Crippen LogP contribution in [0.3, 0.4) is 0 Å². The second kappa shape index (κ2) is 9.09. The van der Waals surface area contributed by atoms with E-state index in [4.69, 9.17) is 16.3 Å². The average Bonchev–Trinajstić information content (AvgIpc) is 2.97. The van der Waals surface area contributed by atoms with Crippen LogP contribution in [-0.4, -0.2) is 29.3 Å². The topological polar surface area (TPSA) is 56.1 Å². The number of rotatable bonds is 7. The number of aromatic nitrogens is 2. The van der Waals surface area contributed by atoms with E-state index in [0.717, 1.165) is 22.4 Å². The van der Waals surface area contributed by atoms with Crippen LogP contribution in [0.4, 0.5) is 4.39 Å². The van der Waals surface area contributed by atoms with Crippen molar-refractivity contribution in [2.24, 2.45) is 0 Å². The Morgan fingerprint density at radius 3 is 2.62 bits per heavy atom. The van der Waals surface area contributed by atoms with Crippen LogP contribution >= 0.6 is 11.6 Å². The molecule has 0 fully saturated rings. The van der Waals surface area contributed by atoms with Gasteiger partial charge in [0.25, 0.3) is 5.91 Å². The van der Waals surface area contributed by atoms with Crippen LogP contribution < -0.4 is 10.1 Å². The summed E-state index contributed by atoms with van der Waals surface area (Å²) in [5.41, 5.74) is 3.90. The molecule has 152 valence electrons. The summed E-state index contributed by atoms with van der Waals surface area (Å²) < 4.78 is 20.0. The van der Waals surface area contributed by atoms with Gasteiger partial charge in [0, 0.05) is 6.54 Å². The standard InChI is InChI=1S/C22H23ClFN3O2/c1-14-4-9-19(29-3)17(12-14)10-11-25-22(28)20-15(2)26-27(21(20)23)13-16-5-7-18(24)8-6-16/h4-9,12H,10-11,13H2,1-3H3,(H,25,28). The van der Waals surface area contributed by atoms with Gasteiger partial charge in [0.05, 0.1) is 24.9 Å². The van der Waals surface area contributed by atoms with Crippen molar-refractivity contribution in [2.75, 3.05) is 13.7 Å². The third-order valence-electron chi connectivity index (χ3n) is 4.65. The van der Waals surface area contributed by atoms with E-state index in [2.05, 4.69) is 10.4 Å². The summed E-state index contributed by atoms with van der Waals surface area (Å²) in [6.07, 6.45) is 0.636. The molecule has 0 spiro atoms. The predicted molar refractivity (Wildman–Crippen MR) is 111 cm³/mol. The van der Waals surface area contributed by atoms with Crippen LogP contribution in [0.2, 0.25) is 5.15 Å². The van der Waals surface area contributed by atoms with Gasteiger partial charge in [0.15, 0.2) is 0 Å². The van der Waals surface area contributed by atoms with Crippen LogP contribution in [0, 0.1) is 19.7 Å². The Labute approximate surface area is 174 Å². The molecule has 0 unspecified atom stereocenters. The van der Waals surface area contributed by atoms with Crippen molar-refractivity contribution in [3.8, 4) is 5.75 Å². The molecule has 0 saturated heterocycles. The van der Waals surface area contributed by atoms with E-state index >= 15 is 0 Å². The van der Waals surface area contributed by atoms with Crippen LogP contribution in [0.25, 0.3) is 0 Å². The van der Waals surface area contributed by atoms with E-state index in [9.17, 15) is 9.18 Å². The lowest BCUT2D eigenvalue weighted by atomic mass is 10.1. The minimum atomic E-state index is -0.304. The van der Waals surface area contributed by atoms with Gasteiger partial charge in [0.2, 0.25) is 0 Å². The fourth-order valence-electron chi connectivity index (χ4n) is 3.18. The van der Waals surface area contributed by atoms with Crippen molar-refractivity contribution in [3.05, 3.63) is 81.4 Å². The zero-order valence-electron chi connectivity index (χ0n) is 16.6. The molecular formula is C22H23ClFN3O2. The molecule has 0 bridgehead atoms. The SMILES string of the molecule is COc1ccc(C)cc1CCNC(=O)c1c(C)nn(Cc2ccc(F)cc2)c1Cl. The molecule has 0 aliphatic rings. The maximum Gasteiger partial charge on any atom is 0.256 e. The maximum absolute atomic E-state index is 13.1. The van der Waals surface area contributed by atoms with Gasteiger partial charge < -0.3 is 10.1 Å². The van der Waals surface area contributed by atoms with E-state index in [1.54, 1.807) is 30.8 Å². The summed E-state index contributed by atoms with van der Waals surface area (Å²) in [5, 5.41) is 7.53. The fraction of sp³-hybridized carbons (Fsp3) is 0.273. The first-order chi connectivity index (χ1) is 13.9. The lowest BCUT2D eigenvalue weighted by Crippen LogP contribution is -2.26. The van der Waals surface area contributed by atoms with Crippen molar-refractivity contribution in [2.45, 2.75) is 26.8 Å². The molecule has 2 aromatic carbocycles. The highest BCUT2D eigenvalue weighted by Gasteiger charge is 2.20.